The molecule has 1 aromatic heterocycles. The van der Waals surface area contributed by atoms with Gasteiger partial charge < -0.3 is 25.0 Å². The van der Waals surface area contributed by atoms with Crippen LogP contribution in [-0.4, -0.2) is 66.0 Å². The quantitative estimate of drug-likeness (QED) is 0.594. The van der Waals surface area contributed by atoms with Gasteiger partial charge in [-0.2, -0.15) is 5.10 Å². The van der Waals surface area contributed by atoms with Gasteiger partial charge in [0.05, 0.1) is 19.3 Å². The van der Waals surface area contributed by atoms with E-state index in [0.717, 1.165) is 12.2 Å². The van der Waals surface area contributed by atoms with Crippen molar-refractivity contribution in [2.24, 2.45) is 0 Å². The number of carbonyl (C=O) groups is 3. The first-order valence-electron chi connectivity index (χ1n) is 10.9. The van der Waals surface area contributed by atoms with Gasteiger partial charge in [-0.05, 0) is 55.0 Å². The molecule has 2 amide bonds. The van der Waals surface area contributed by atoms with Gasteiger partial charge in [-0.25, -0.2) is 9.48 Å². The van der Waals surface area contributed by atoms with Crippen molar-refractivity contribution in [3.63, 3.8) is 0 Å². The lowest BCUT2D eigenvalue weighted by Crippen LogP contribution is -2.48. The molecule has 0 atom stereocenters. The summed E-state index contributed by atoms with van der Waals surface area (Å²) in [5.41, 5.74) is 2.54. The van der Waals surface area contributed by atoms with E-state index in [1.807, 2.05) is 12.1 Å². The van der Waals surface area contributed by atoms with Crippen molar-refractivity contribution in [2.75, 3.05) is 43.1 Å². The van der Waals surface area contributed by atoms with Crippen molar-refractivity contribution in [1.82, 2.24) is 15.1 Å². The maximum atomic E-state index is 13.6. The molecule has 0 aliphatic carbocycles. The number of carboxylic acids is 1. The second kappa shape index (κ2) is 8.64. The van der Waals surface area contributed by atoms with Gasteiger partial charge in [-0.1, -0.05) is 0 Å². The van der Waals surface area contributed by atoms with E-state index in [-0.39, 0.29) is 23.2 Å². The summed E-state index contributed by atoms with van der Waals surface area (Å²) in [6.07, 6.45) is 0.358. The topological polar surface area (TPSA) is 117 Å². The van der Waals surface area contributed by atoms with Crippen molar-refractivity contribution < 1.29 is 24.2 Å². The van der Waals surface area contributed by atoms with Crippen molar-refractivity contribution in [3.05, 3.63) is 65.5 Å². The Bertz CT molecular complexity index is 1270. The third-order valence-corrected chi connectivity index (χ3v) is 6.10. The fourth-order valence-electron chi connectivity index (χ4n) is 4.38. The molecule has 2 aliphatic heterocycles. The van der Waals surface area contributed by atoms with Gasteiger partial charge in [0.15, 0.2) is 5.69 Å². The minimum Gasteiger partial charge on any atom is -0.497 e. The molecule has 174 valence electrons. The van der Waals surface area contributed by atoms with Gasteiger partial charge in [0.1, 0.15) is 11.4 Å². The van der Waals surface area contributed by atoms with E-state index in [0.29, 0.717) is 48.7 Å². The Hall–Kier alpha value is -4.18. The van der Waals surface area contributed by atoms with E-state index in [4.69, 9.17) is 4.74 Å². The molecule has 1 saturated heterocycles. The van der Waals surface area contributed by atoms with Crippen LogP contribution in [0.1, 0.15) is 26.5 Å². The number of hydrogen-bond donors (Lipinski definition) is 2. The van der Waals surface area contributed by atoms with Gasteiger partial charge >= 0.3 is 5.97 Å². The second-order valence-corrected chi connectivity index (χ2v) is 8.04. The predicted molar refractivity (Wildman–Crippen MR) is 124 cm³/mol. The Morgan fingerprint density at radius 2 is 1.62 bits per heavy atom. The average molecular weight is 461 g/mol. The third-order valence-electron chi connectivity index (χ3n) is 6.10. The van der Waals surface area contributed by atoms with E-state index in [1.54, 1.807) is 53.3 Å². The van der Waals surface area contributed by atoms with Crippen LogP contribution >= 0.6 is 0 Å². The van der Waals surface area contributed by atoms with E-state index >= 15 is 0 Å². The highest BCUT2D eigenvalue weighted by molar-refractivity contribution is 6.09. The Kier molecular flexibility index (Phi) is 5.50. The first-order valence-corrected chi connectivity index (χ1v) is 10.9. The molecule has 0 spiro atoms. The minimum atomic E-state index is -1.17. The summed E-state index contributed by atoms with van der Waals surface area (Å²) in [6.45, 7) is 1.94. The van der Waals surface area contributed by atoms with Gasteiger partial charge in [-0.15, -0.1) is 0 Å². The van der Waals surface area contributed by atoms with E-state index in [1.165, 1.54) is 4.68 Å². The molecule has 5 rings (SSSR count). The Balaban J connectivity index is 1.49. The molecular formula is C24H23N5O5. The summed E-state index contributed by atoms with van der Waals surface area (Å²) >= 11 is 0. The SMILES string of the molecule is COc1ccc(-n2nc(C(=O)O)c3c2C(=O)N(c2ccc(N4CCNCC4=O)cc2)CC3)cc1. The molecule has 0 radical (unpaired) electrons. The number of aromatic carboxylic acids is 1. The van der Waals surface area contributed by atoms with Crippen molar-refractivity contribution in [3.8, 4) is 11.4 Å². The van der Waals surface area contributed by atoms with Gasteiger partial charge in [0.25, 0.3) is 5.91 Å². The molecule has 1 fully saturated rings. The second-order valence-electron chi connectivity index (χ2n) is 8.04. The predicted octanol–water partition coefficient (Wildman–Crippen LogP) is 1.72. The third kappa shape index (κ3) is 3.67. The Labute approximate surface area is 195 Å². The number of carbonyl (C=O) groups excluding carboxylic acids is 2. The number of piperazine rings is 1. The molecule has 2 aliphatic rings. The number of nitrogens with one attached hydrogen (secondary N) is 1. The van der Waals surface area contributed by atoms with Gasteiger partial charge in [0.2, 0.25) is 5.91 Å². The summed E-state index contributed by atoms with van der Waals surface area (Å²) in [4.78, 5) is 40.9. The minimum absolute atomic E-state index is 0.00211. The fourth-order valence-corrected chi connectivity index (χ4v) is 4.38. The first kappa shape index (κ1) is 21.7. The number of fused-ring (bicyclic) bond motifs is 1. The highest BCUT2D eigenvalue weighted by atomic mass is 16.5. The molecule has 0 bridgehead atoms. The number of rotatable bonds is 5. The van der Waals surface area contributed by atoms with Gasteiger partial charge in [0, 0.05) is 36.6 Å². The fraction of sp³-hybridized carbons (Fsp3) is 0.250. The van der Waals surface area contributed by atoms with Gasteiger partial charge in [-0.3, -0.25) is 9.59 Å². The van der Waals surface area contributed by atoms with E-state index < -0.39 is 5.97 Å². The number of aromatic nitrogens is 2. The highest BCUT2D eigenvalue weighted by Gasteiger charge is 2.35. The molecule has 0 unspecified atom stereocenters. The summed E-state index contributed by atoms with van der Waals surface area (Å²) < 4.78 is 6.58. The molecule has 3 heterocycles. The number of benzene rings is 2. The van der Waals surface area contributed by atoms with E-state index in [9.17, 15) is 19.5 Å². The van der Waals surface area contributed by atoms with Crippen LogP contribution in [0, 0.1) is 0 Å². The Morgan fingerprint density at radius 1 is 0.971 bits per heavy atom. The maximum absolute atomic E-state index is 13.6. The Morgan fingerprint density at radius 3 is 2.24 bits per heavy atom. The van der Waals surface area contributed by atoms with E-state index in [2.05, 4.69) is 10.4 Å². The first-order chi connectivity index (χ1) is 16.5. The summed E-state index contributed by atoms with van der Waals surface area (Å²) in [6, 6.07) is 14.2. The zero-order valence-corrected chi connectivity index (χ0v) is 18.5. The van der Waals surface area contributed by atoms with Crippen molar-refractivity contribution in [1.29, 1.82) is 0 Å². The van der Waals surface area contributed by atoms with Crippen LogP contribution in [-0.2, 0) is 11.2 Å². The molecule has 2 N–H and O–H groups in total. The average Bonchev–Trinajstić information content (AvgIpc) is 3.26. The molecule has 34 heavy (non-hydrogen) atoms. The lowest BCUT2D eigenvalue weighted by atomic mass is 10.0. The summed E-state index contributed by atoms with van der Waals surface area (Å²) in [7, 11) is 1.55. The highest BCUT2D eigenvalue weighted by Crippen LogP contribution is 2.30. The van der Waals surface area contributed by atoms with Crippen LogP contribution in [0.3, 0.4) is 0 Å². The lowest BCUT2D eigenvalue weighted by Gasteiger charge is -2.30. The molecule has 3 aromatic rings. The normalized spacial score (nSPS) is 15.9. The molecule has 10 nitrogen and oxygen atoms in total. The number of carboxylic acid groups (broad SMARTS) is 1. The molecular weight excluding hydrogens is 438 g/mol. The largest absolute Gasteiger partial charge is 0.497 e. The van der Waals surface area contributed by atoms with Crippen LogP contribution in [0.2, 0.25) is 0 Å². The van der Waals surface area contributed by atoms with Crippen LogP contribution in [0.15, 0.2) is 48.5 Å². The molecule has 2 aromatic carbocycles. The smallest absolute Gasteiger partial charge is 0.356 e. The lowest BCUT2D eigenvalue weighted by molar-refractivity contribution is -0.118. The van der Waals surface area contributed by atoms with Crippen LogP contribution in [0.25, 0.3) is 5.69 Å². The monoisotopic (exact) mass is 461 g/mol. The zero-order chi connectivity index (χ0) is 23.8. The summed E-state index contributed by atoms with van der Waals surface area (Å²) in [5, 5.41) is 17.0. The summed E-state index contributed by atoms with van der Waals surface area (Å²) in [5.74, 6) is -0.862. The molecule has 10 heteroatoms. The van der Waals surface area contributed by atoms with Crippen LogP contribution in [0.4, 0.5) is 11.4 Å². The molecule has 0 saturated carbocycles. The number of nitrogens with zero attached hydrogens (tertiary/aromatic N) is 4. The number of amides is 2. The van der Waals surface area contributed by atoms with Crippen LogP contribution < -0.4 is 19.9 Å². The number of ether oxygens (including phenoxy) is 1. The number of anilines is 2. The standard InChI is InChI=1S/C24H23N5O5/c1-34-18-8-6-17(7-9-18)29-22-19(21(26-29)24(32)33)10-12-28(23(22)31)16-4-2-15(3-5-16)27-13-11-25-14-20(27)30/h2-9,25H,10-14H2,1H3,(H,32,33). The zero-order valence-electron chi connectivity index (χ0n) is 18.5. The number of methoxy groups -OCH3 is 1. The van der Waals surface area contributed by atoms with Crippen LogP contribution in [0.5, 0.6) is 5.75 Å². The van der Waals surface area contributed by atoms with Crippen molar-refractivity contribution in [2.45, 2.75) is 6.42 Å². The van der Waals surface area contributed by atoms with Crippen molar-refractivity contribution >= 4 is 29.2 Å². The number of hydrogen-bond acceptors (Lipinski definition) is 6. The maximum Gasteiger partial charge on any atom is 0.356 e.